The Morgan fingerprint density at radius 2 is 1.85 bits per heavy atom. The maximum atomic E-state index is 13.3. The van der Waals surface area contributed by atoms with Gasteiger partial charge in [-0.2, -0.15) is 13.2 Å². The van der Waals surface area contributed by atoms with Gasteiger partial charge in [-0.05, 0) is 86.9 Å². The largest absolute Gasteiger partial charge is 0.508 e. The molecule has 0 spiro atoms. The second-order valence-electron chi connectivity index (χ2n) is 8.41. The summed E-state index contributed by atoms with van der Waals surface area (Å²) in [7, 11) is 0. The number of nitrogens with zero attached hydrogens (tertiary/aromatic N) is 1. The summed E-state index contributed by atoms with van der Waals surface area (Å²) in [5, 5.41) is 18.8. The number of phenolic OH excluding ortho intramolecular Hbond substituents is 1. The van der Waals surface area contributed by atoms with E-state index in [1.54, 1.807) is 0 Å². The van der Waals surface area contributed by atoms with E-state index in [1.165, 1.54) is 18.2 Å². The fourth-order valence-corrected chi connectivity index (χ4v) is 3.88. The fourth-order valence-electron chi connectivity index (χ4n) is 3.88. The molecule has 4 nitrogen and oxygen atoms in total. The zero-order valence-electron chi connectivity index (χ0n) is 18.8. The summed E-state index contributed by atoms with van der Waals surface area (Å²) < 4.78 is 40.0. The molecule has 178 valence electrons. The highest BCUT2D eigenvalue weighted by molar-refractivity contribution is 5.88. The maximum absolute atomic E-state index is 13.3. The number of benzene rings is 2. The summed E-state index contributed by atoms with van der Waals surface area (Å²) in [6.07, 6.45) is 4.61. The second-order valence-corrected chi connectivity index (χ2v) is 8.41. The number of allylic oxidation sites excluding steroid dienone is 1. The predicted molar refractivity (Wildman–Crippen MR) is 125 cm³/mol. The quantitative estimate of drug-likeness (QED) is 0.370. The Morgan fingerprint density at radius 1 is 1.12 bits per heavy atom. The van der Waals surface area contributed by atoms with Crippen LogP contribution in [0.5, 0.6) is 5.75 Å². The van der Waals surface area contributed by atoms with Gasteiger partial charge in [0.05, 0.1) is 11.1 Å². The van der Waals surface area contributed by atoms with Crippen molar-refractivity contribution in [3.8, 4) is 17.6 Å². The Morgan fingerprint density at radius 3 is 2.59 bits per heavy atom. The number of phenols is 1. The molecule has 0 amide bonds. The third-order valence-corrected chi connectivity index (χ3v) is 5.79. The summed E-state index contributed by atoms with van der Waals surface area (Å²) in [6.45, 7) is 2.01. The highest BCUT2D eigenvalue weighted by Crippen LogP contribution is 2.34. The third-order valence-electron chi connectivity index (χ3n) is 5.79. The number of carbonyl (C=O) groups is 1. The number of aromatic hydroxyl groups is 1. The van der Waals surface area contributed by atoms with Crippen LogP contribution in [0.1, 0.15) is 71.6 Å². The standard InChI is InChI=1S/C27H26F3NO3/c1-18-6-7-19(14-15-31-18)4-2-3-5-22-16-23(26(33)34)11-9-20(22)8-10-21-12-13-24(32)17-25(21)27(28,29)30/h9,11-17,19,32H,2-7H2,1H3,(H,33,34). The first-order valence-corrected chi connectivity index (χ1v) is 11.1. The number of hydrogen-bond acceptors (Lipinski definition) is 3. The molecule has 0 saturated heterocycles. The van der Waals surface area contributed by atoms with Crippen LogP contribution in [0.3, 0.4) is 0 Å². The summed E-state index contributed by atoms with van der Waals surface area (Å²) in [5.41, 5.74) is 1.14. The van der Waals surface area contributed by atoms with Crippen LogP contribution in [0.15, 0.2) is 53.7 Å². The highest BCUT2D eigenvalue weighted by atomic mass is 19.4. The normalized spacial score (nSPS) is 15.8. The van der Waals surface area contributed by atoms with Gasteiger partial charge in [0.2, 0.25) is 0 Å². The van der Waals surface area contributed by atoms with Crippen LogP contribution < -0.4 is 0 Å². The smallest absolute Gasteiger partial charge is 0.417 e. The molecule has 0 aromatic heterocycles. The van der Waals surface area contributed by atoms with E-state index in [4.69, 9.17) is 0 Å². The first-order chi connectivity index (χ1) is 16.1. The minimum Gasteiger partial charge on any atom is -0.508 e. The average molecular weight is 470 g/mol. The Balaban J connectivity index is 1.77. The van der Waals surface area contributed by atoms with Gasteiger partial charge in [0, 0.05) is 23.0 Å². The molecule has 0 saturated carbocycles. The number of rotatable bonds is 6. The molecule has 1 atom stereocenters. The highest BCUT2D eigenvalue weighted by Gasteiger charge is 2.33. The molecule has 1 aliphatic rings. The first-order valence-electron chi connectivity index (χ1n) is 11.1. The number of unbranched alkanes of at least 4 members (excludes halogenated alkanes) is 1. The molecule has 2 N–H and O–H groups in total. The Labute approximate surface area is 196 Å². The van der Waals surface area contributed by atoms with Gasteiger partial charge in [0.1, 0.15) is 5.75 Å². The molecular formula is C27H26F3NO3. The van der Waals surface area contributed by atoms with Gasteiger partial charge in [0.15, 0.2) is 0 Å². The molecule has 34 heavy (non-hydrogen) atoms. The zero-order valence-corrected chi connectivity index (χ0v) is 18.8. The number of aliphatic imine (C=N–C) groups is 1. The van der Waals surface area contributed by atoms with E-state index >= 15 is 0 Å². The lowest BCUT2D eigenvalue weighted by molar-refractivity contribution is -0.137. The van der Waals surface area contributed by atoms with Gasteiger partial charge in [0.25, 0.3) is 0 Å². The third kappa shape index (κ3) is 6.98. The van der Waals surface area contributed by atoms with Crippen LogP contribution in [-0.2, 0) is 12.6 Å². The summed E-state index contributed by atoms with van der Waals surface area (Å²) in [5.74, 6) is 4.22. The minimum absolute atomic E-state index is 0.112. The lowest BCUT2D eigenvalue weighted by Crippen LogP contribution is -2.07. The van der Waals surface area contributed by atoms with E-state index in [0.29, 0.717) is 29.5 Å². The Kier molecular flexibility index (Phi) is 8.17. The molecule has 2 aromatic carbocycles. The van der Waals surface area contributed by atoms with Crippen LogP contribution in [0.25, 0.3) is 0 Å². The first kappa shape index (κ1) is 25.1. The van der Waals surface area contributed by atoms with Crippen LogP contribution >= 0.6 is 0 Å². The molecule has 1 aliphatic heterocycles. The molecule has 1 heterocycles. The zero-order chi connectivity index (χ0) is 24.7. The molecular weight excluding hydrogens is 443 g/mol. The number of carboxylic acid groups (broad SMARTS) is 1. The van der Waals surface area contributed by atoms with E-state index < -0.39 is 23.5 Å². The van der Waals surface area contributed by atoms with E-state index in [2.05, 4.69) is 22.9 Å². The Bertz CT molecular complexity index is 1170. The van der Waals surface area contributed by atoms with Crippen molar-refractivity contribution in [2.75, 3.05) is 0 Å². The van der Waals surface area contributed by atoms with Crippen molar-refractivity contribution in [2.45, 2.75) is 51.6 Å². The van der Waals surface area contributed by atoms with Crippen molar-refractivity contribution in [3.05, 3.63) is 76.5 Å². The molecule has 0 aliphatic carbocycles. The molecule has 2 aromatic rings. The number of hydrogen-bond donors (Lipinski definition) is 2. The lowest BCUT2D eigenvalue weighted by atomic mass is 9.93. The second kappa shape index (κ2) is 11.1. The van der Waals surface area contributed by atoms with Gasteiger partial charge in [-0.25, -0.2) is 4.79 Å². The van der Waals surface area contributed by atoms with Crippen molar-refractivity contribution in [1.82, 2.24) is 0 Å². The van der Waals surface area contributed by atoms with Gasteiger partial charge in [-0.15, -0.1) is 0 Å². The van der Waals surface area contributed by atoms with Crippen molar-refractivity contribution < 1.29 is 28.2 Å². The van der Waals surface area contributed by atoms with Crippen molar-refractivity contribution in [1.29, 1.82) is 0 Å². The average Bonchev–Trinajstić information content (AvgIpc) is 2.99. The molecule has 0 bridgehead atoms. The van der Waals surface area contributed by atoms with Crippen LogP contribution in [-0.4, -0.2) is 21.9 Å². The monoisotopic (exact) mass is 469 g/mol. The summed E-state index contributed by atoms with van der Waals surface area (Å²) in [6, 6.07) is 7.40. The van der Waals surface area contributed by atoms with Crippen LogP contribution in [0.2, 0.25) is 0 Å². The van der Waals surface area contributed by atoms with E-state index in [9.17, 15) is 28.2 Å². The van der Waals surface area contributed by atoms with E-state index in [-0.39, 0.29) is 11.1 Å². The SMILES string of the molecule is CC1=NC=CC(CCCCc2cc(C(=O)O)ccc2C#Cc2ccc(O)cc2C(F)(F)F)CC1. The Hall–Kier alpha value is -3.53. The van der Waals surface area contributed by atoms with E-state index in [0.717, 1.165) is 49.9 Å². The summed E-state index contributed by atoms with van der Waals surface area (Å²) in [4.78, 5) is 15.8. The van der Waals surface area contributed by atoms with Crippen LogP contribution in [0.4, 0.5) is 13.2 Å². The van der Waals surface area contributed by atoms with Gasteiger partial charge in [-0.1, -0.05) is 24.3 Å². The van der Waals surface area contributed by atoms with Crippen LogP contribution in [0, 0.1) is 17.8 Å². The van der Waals surface area contributed by atoms with Gasteiger partial charge >= 0.3 is 12.1 Å². The van der Waals surface area contributed by atoms with Gasteiger partial charge < -0.3 is 10.2 Å². The number of aryl methyl sites for hydroxylation is 1. The van der Waals surface area contributed by atoms with Gasteiger partial charge in [-0.3, -0.25) is 4.99 Å². The number of halogens is 3. The molecule has 7 heteroatoms. The van der Waals surface area contributed by atoms with Crippen molar-refractivity contribution >= 4 is 11.7 Å². The van der Waals surface area contributed by atoms with Crippen molar-refractivity contribution in [2.24, 2.45) is 10.9 Å². The molecule has 3 rings (SSSR count). The molecule has 0 radical (unpaired) electrons. The molecule has 1 unspecified atom stereocenters. The van der Waals surface area contributed by atoms with E-state index in [1.807, 2.05) is 13.1 Å². The number of carboxylic acids is 1. The minimum atomic E-state index is -4.66. The number of aromatic carboxylic acids is 1. The van der Waals surface area contributed by atoms with Crippen molar-refractivity contribution in [3.63, 3.8) is 0 Å². The number of alkyl halides is 3. The fraction of sp³-hybridized carbons (Fsp3) is 0.333. The maximum Gasteiger partial charge on any atom is 0.417 e. The predicted octanol–water partition coefficient (Wildman–Crippen LogP) is 6.61. The topological polar surface area (TPSA) is 69.9 Å². The lowest BCUT2D eigenvalue weighted by Gasteiger charge is -2.11. The molecule has 0 fully saturated rings. The summed E-state index contributed by atoms with van der Waals surface area (Å²) >= 11 is 0.